The number of hydrogen-bond acceptors (Lipinski definition) is 7. The second kappa shape index (κ2) is 5.91. The second-order valence-electron chi connectivity index (χ2n) is 5.75. The Morgan fingerprint density at radius 3 is 3.00 bits per heavy atom. The summed E-state index contributed by atoms with van der Waals surface area (Å²) in [7, 11) is 0. The zero-order valence-corrected chi connectivity index (χ0v) is 13.1. The highest BCUT2D eigenvalue weighted by Crippen LogP contribution is 2.22. The van der Waals surface area contributed by atoms with Crippen molar-refractivity contribution in [2.75, 3.05) is 0 Å². The molecule has 1 aliphatic rings. The van der Waals surface area contributed by atoms with Crippen LogP contribution in [-0.2, 0) is 19.4 Å². The quantitative estimate of drug-likeness (QED) is 0.745. The highest BCUT2D eigenvalue weighted by Gasteiger charge is 2.22. The Kier molecular flexibility index (Phi) is 3.60. The molecule has 0 bridgehead atoms. The summed E-state index contributed by atoms with van der Waals surface area (Å²) in [5.74, 6) is 1.04. The summed E-state index contributed by atoms with van der Waals surface area (Å²) in [6, 6.07) is 1.71. The summed E-state index contributed by atoms with van der Waals surface area (Å²) in [5.41, 5.74) is 3.03. The van der Waals surface area contributed by atoms with E-state index in [0.717, 1.165) is 36.9 Å². The van der Waals surface area contributed by atoms with Gasteiger partial charge in [0.25, 0.3) is 5.91 Å². The molecule has 0 saturated carbocycles. The minimum Gasteiger partial charge on any atom is -0.361 e. The molecule has 24 heavy (non-hydrogen) atoms. The molecule has 4 rings (SSSR count). The number of carbonyl (C=O) groups is 1. The van der Waals surface area contributed by atoms with Crippen molar-refractivity contribution in [3.05, 3.63) is 34.7 Å². The van der Waals surface area contributed by atoms with Crippen LogP contribution in [0.2, 0.25) is 0 Å². The van der Waals surface area contributed by atoms with Crippen molar-refractivity contribution in [1.82, 2.24) is 30.8 Å². The first kappa shape index (κ1) is 14.6. The molecule has 0 atom stereocenters. The van der Waals surface area contributed by atoms with Crippen molar-refractivity contribution in [2.24, 2.45) is 0 Å². The number of nitrogens with zero attached hydrogens (tertiary/aromatic N) is 4. The van der Waals surface area contributed by atoms with Crippen LogP contribution in [0.1, 0.15) is 46.2 Å². The molecule has 0 aromatic carbocycles. The lowest BCUT2D eigenvalue weighted by atomic mass is 9.96. The maximum absolute atomic E-state index is 12.3. The van der Waals surface area contributed by atoms with Crippen LogP contribution >= 0.6 is 0 Å². The van der Waals surface area contributed by atoms with E-state index in [2.05, 4.69) is 30.8 Å². The van der Waals surface area contributed by atoms with E-state index in [1.54, 1.807) is 13.0 Å². The number of nitrogens with one attached hydrogen (secondary N) is 2. The number of hydrogen-bond donors (Lipinski definition) is 2. The molecule has 0 unspecified atom stereocenters. The normalized spacial score (nSPS) is 13.7. The molecule has 3 heterocycles. The van der Waals surface area contributed by atoms with E-state index < -0.39 is 0 Å². The molecule has 1 amide bonds. The number of aromatic nitrogens is 5. The lowest BCUT2D eigenvalue weighted by Gasteiger charge is -2.10. The van der Waals surface area contributed by atoms with Gasteiger partial charge in [0.2, 0.25) is 11.7 Å². The Bertz CT molecular complexity index is 878. The van der Waals surface area contributed by atoms with Gasteiger partial charge in [0.15, 0.2) is 11.4 Å². The summed E-state index contributed by atoms with van der Waals surface area (Å²) in [6.45, 7) is 1.91. The van der Waals surface area contributed by atoms with Crippen LogP contribution in [0, 0.1) is 6.92 Å². The molecule has 3 aromatic heterocycles. The van der Waals surface area contributed by atoms with E-state index in [1.807, 2.05) is 0 Å². The Balaban J connectivity index is 1.43. The number of rotatable bonds is 4. The molecule has 0 spiro atoms. The maximum Gasteiger partial charge on any atom is 0.272 e. The number of aromatic amines is 1. The van der Waals surface area contributed by atoms with Crippen molar-refractivity contribution >= 4 is 5.91 Å². The number of amides is 1. The van der Waals surface area contributed by atoms with Gasteiger partial charge in [-0.25, -0.2) is 0 Å². The monoisotopic (exact) mass is 328 g/mol. The number of aryl methyl sites for hydroxylation is 2. The van der Waals surface area contributed by atoms with Crippen molar-refractivity contribution in [2.45, 2.75) is 39.2 Å². The van der Waals surface area contributed by atoms with Gasteiger partial charge in [0.1, 0.15) is 5.76 Å². The van der Waals surface area contributed by atoms with Crippen molar-refractivity contribution in [1.29, 1.82) is 0 Å². The van der Waals surface area contributed by atoms with E-state index in [0.29, 0.717) is 28.9 Å². The summed E-state index contributed by atoms with van der Waals surface area (Å²) in [4.78, 5) is 16.5. The topological polar surface area (TPSA) is 123 Å². The number of carbonyl (C=O) groups excluding carboxylic acids is 1. The second-order valence-corrected chi connectivity index (χ2v) is 5.75. The summed E-state index contributed by atoms with van der Waals surface area (Å²) in [5, 5.41) is 17.5. The fourth-order valence-corrected chi connectivity index (χ4v) is 2.81. The van der Waals surface area contributed by atoms with Crippen LogP contribution in [0.4, 0.5) is 0 Å². The molecular formula is C15H16N6O3. The van der Waals surface area contributed by atoms with E-state index in [9.17, 15) is 4.79 Å². The van der Waals surface area contributed by atoms with Crippen molar-refractivity contribution in [3.63, 3.8) is 0 Å². The van der Waals surface area contributed by atoms with E-state index in [4.69, 9.17) is 9.05 Å². The molecule has 0 radical (unpaired) electrons. The maximum atomic E-state index is 12.3. The molecule has 9 heteroatoms. The average molecular weight is 328 g/mol. The first-order valence-corrected chi connectivity index (χ1v) is 7.81. The molecule has 3 aromatic rings. The van der Waals surface area contributed by atoms with Crippen LogP contribution in [-0.4, -0.2) is 31.4 Å². The first-order chi connectivity index (χ1) is 11.7. The van der Waals surface area contributed by atoms with Gasteiger partial charge in [-0.2, -0.15) is 10.1 Å². The third-order valence-corrected chi connectivity index (χ3v) is 4.00. The minimum absolute atomic E-state index is 0.129. The zero-order chi connectivity index (χ0) is 16.5. The van der Waals surface area contributed by atoms with Gasteiger partial charge in [0.05, 0.1) is 6.54 Å². The minimum atomic E-state index is -0.244. The predicted molar refractivity (Wildman–Crippen MR) is 80.9 cm³/mol. The van der Waals surface area contributed by atoms with E-state index >= 15 is 0 Å². The Labute approximate surface area is 136 Å². The lowest BCUT2D eigenvalue weighted by Crippen LogP contribution is -2.24. The standard InChI is InChI=1S/C15H16N6O3/c1-8-6-11(20-23-8)14-17-12(24-21-14)7-16-15(22)13-9-4-2-3-5-10(9)18-19-13/h6H,2-5,7H2,1H3,(H,16,22)(H,18,19). The van der Waals surface area contributed by atoms with Crippen LogP contribution in [0.25, 0.3) is 11.5 Å². The molecule has 0 saturated heterocycles. The third-order valence-electron chi connectivity index (χ3n) is 4.00. The summed E-state index contributed by atoms with van der Waals surface area (Å²) in [6.07, 6.45) is 4.03. The van der Waals surface area contributed by atoms with Gasteiger partial charge in [-0.15, -0.1) is 0 Å². The van der Waals surface area contributed by atoms with Gasteiger partial charge in [-0.05, 0) is 32.6 Å². The Morgan fingerprint density at radius 1 is 1.29 bits per heavy atom. The number of H-pyrrole nitrogens is 1. The van der Waals surface area contributed by atoms with Gasteiger partial charge >= 0.3 is 0 Å². The van der Waals surface area contributed by atoms with Gasteiger partial charge in [0, 0.05) is 17.3 Å². The lowest BCUT2D eigenvalue weighted by molar-refractivity contribution is 0.0940. The fraction of sp³-hybridized carbons (Fsp3) is 0.400. The largest absolute Gasteiger partial charge is 0.361 e. The first-order valence-electron chi connectivity index (χ1n) is 7.81. The van der Waals surface area contributed by atoms with E-state index in [-0.39, 0.29) is 12.5 Å². The molecule has 2 N–H and O–H groups in total. The molecule has 124 valence electrons. The summed E-state index contributed by atoms with van der Waals surface area (Å²) < 4.78 is 10.1. The van der Waals surface area contributed by atoms with Crippen LogP contribution < -0.4 is 5.32 Å². The predicted octanol–water partition coefficient (Wildman–Crippen LogP) is 1.56. The highest BCUT2D eigenvalue weighted by atomic mass is 16.5. The van der Waals surface area contributed by atoms with Gasteiger partial charge in [-0.3, -0.25) is 9.89 Å². The van der Waals surface area contributed by atoms with Crippen molar-refractivity contribution in [3.8, 4) is 11.5 Å². The SMILES string of the molecule is Cc1cc(-c2noc(CNC(=O)c3n[nH]c4c3CCCC4)n2)no1. The fourth-order valence-electron chi connectivity index (χ4n) is 2.81. The number of fused-ring (bicyclic) bond motifs is 1. The molecule has 1 aliphatic carbocycles. The highest BCUT2D eigenvalue weighted by molar-refractivity contribution is 5.93. The molecule has 9 nitrogen and oxygen atoms in total. The zero-order valence-electron chi connectivity index (χ0n) is 13.1. The van der Waals surface area contributed by atoms with Gasteiger partial charge in [-0.1, -0.05) is 10.3 Å². The third kappa shape index (κ3) is 2.68. The Hall–Kier alpha value is -2.97. The van der Waals surface area contributed by atoms with Gasteiger partial charge < -0.3 is 14.4 Å². The average Bonchev–Trinajstić information content (AvgIpc) is 3.31. The molecular weight excluding hydrogens is 312 g/mol. The van der Waals surface area contributed by atoms with Crippen LogP contribution in [0.15, 0.2) is 15.1 Å². The van der Waals surface area contributed by atoms with Crippen LogP contribution in [0.5, 0.6) is 0 Å². The van der Waals surface area contributed by atoms with E-state index in [1.165, 1.54) is 0 Å². The molecule has 0 aliphatic heterocycles. The smallest absolute Gasteiger partial charge is 0.272 e. The van der Waals surface area contributed by atoms with Crippen molar-refractivity contribution < 1.29 is 13.8 Å². The molecule has 0 fully saturated rings. The Morgan fingerprint density at radius 2 is 2.17 bits per heavy atom. The summed E-state index contributed by atoms with van der Waals surface area (Å²) >= 11 is 0. The van der Waals surface area contributed by atoms with Crippen LogP contribution in [0.3, 0.4) is 0 Å².